The minimum Gasteiger partial charge on any atom is -0.454 e. The Morgan fingerprint density at radius 3 is 2.72 bits per heavy atom. The largest absolute Gasteiger partial charge is 0.454 e. The van der Waals surface area contributed by atoms with Crippen LogP contribution in [-0.4, -0.2) is 21.4 Å². The first-order valence-corrected chi connectivity index (χ1v) is 8.66. The van der Waals surface area contributed by atoms with Crippen molar-refractivity contribution in [2.75, 3.05) is 6.79 Å². The molecule has 0 aliphatic carbocycles. The summed E-state index contributed by atoms with van der Waals surface area (Å²) in [6.45, 7) is 0.269. The number of aromatic nitrogens is 3. The van der Waals surface area contributed by atoms with Crippen molar-refractivity contribution in [1.29, 1.82) is 0 Å². The van der Waals surface area contributed by atoms with Gasteiger partial charge in [-0.2, -0.15) is 5.10 Å². The van der Waals surface area contributed by atoms with Gasteiger partial charge in [0.1, 0.15) is 5.03 Å². The van der Waals surface area contributed by atoms with Crippen LogP contribution in [-0.2, 0) is 0 Å². The number of rotatable bonds is 3. The molecule has 2 aromatic heterocycles. The monoisotopic (exact) mass is 347 g/mol. The molecule has 0 N–H and O–H groups in total. The van der Waals surface area contributed by atoms with Gasteiger partial charge in [0.2, 0.25) is 6.79 Å². The lowest BCUT2D eigenvalue weighted by atomic mass is 10.1. The van der Waals surface area contributed by atoms with Crippen LogP contribution in [0.1, 0.15) is 0 Å². The average Bonchev–Trinajstić information content (AvgIpc) is 3.28. The fourth-order valence-electron chi connectivity index (χ4n) is 2.72. The van der Waals surface area contributed by atoms with Gasteiger partial charge in [0.05, 0.1) is 11.9 Å². The van der Waals surface area contributed by atoms with Gasteiger partial charge < -0.3 is 9.47 Å². The second-order valence-electron chi connectivity index (χ2n) is 5.58. The van der Waals surface area contributed by atoms with E-state index in [4.69, 9.17) is 9.47 Å². The molecule has 0 saturated heterocycles. The van der Waals surface area contributed by atoms with Crippen LogP contribution in [0.25, 0.3) is 16.9 Å². The van der Waals surface area contributed by atoms with E-state index in [1.54, 1.807) is 11.8 Å². The van der Waals surface area contributed by atoms with Crippen molar-refractivity contribution in [3.63, 3.8) is 0 Å². The first kappa shape index (κ1) is 14.4. The lowest BCUT2D eigenvalue weighted by Gasteiger charge is -2.00. The average molecular weight is 347 g/mol. The number of benzene rings is 2. The topological polar surface area (TPSA) is 48.7 Å². The van der Waals surface area contributed by atoms with Crippen molar-refractivity contribution >= 4 is 17.4 Å². The molecular weight excluding hydrogens is 334 g/mol. The Kier molecular flexibility index (Phi) is 3.34. The highest BCUT2D eigenvalue weighted by Crippen LogP contribution is 2.35. The molecule has 1 aliphatic heterocycles. The summed E-state index contributed by atoms with van der Waals surface area (Å²) in [5.41, 5.74) is 2.64. The van der Waals surface area contributed by atoms with Gasteiger partial charge >= 0.3 is 0 Å². The highest BCUT2D eigenvalue weighted by Gasteiger charge is 2.15. The predicted octanol–water partition coefficient (Wildman–Crippen LogP) is 4.28. The van der Waals surface area contributed by atoms with Crippen LogP contribution in [0.15, 0.2) is 76.8 Å². The van der Waals surface area contributed by atoms with Crippen LogP contribution in [0.3, 0.4) is 0 Å². The quantitative estimate of drug-likeness (QED) is 0.554. The van der Waals surface area contributed by atoms with Gasteiger partial charge in [0.25, 0.3) is 0 Å². The Balaban J connectivity index is 1.49. The Morgan fingerprint density at radius 1 is 0.920 bits per heavy atom. The van der Waals surface area contributed by atoms with Gasteiger partial charge in [0, 0.05) is 10.5 Å². The van der Waals surface area contributed by atoms with E-state index in [9.17, 15) is 0 Å². The molecule has 5 rings (SSSR count). The van der Waals surface area contributed by atoms with Crippen LogP contribution in [0.4, 0.5) is 0 Å². The van der Waals surface area contributed by atoms with Crippen molar-refractivity contribution in [3.8, 4) is 22.8 Å². The Hall–Kier alpha value is -2.99. The highest BCUT2D eigenvalue weighted by atomic mass is 32.2. The van der Waals surface area contributed by atoms with Crippen molar-refractivity contribution in [1.82, 2.24) is 14.6 Å². The van der Waals surface area contributed by atoms with E-state index in [0.717, 1.165) is 38.3 Å². The SMILES string of the molecule is c1ccc(Sc2ccc3nc(-c4ccc5c(c4)OCO5)cn3n2)cc1. The van der Waals surface area contributed by atoms with Crippen molar-refractivity contribution in [2.45, 2.75) is 9.92 Å². The molecule has 0 bridgehead atoms. The van der Waals surface area contributed by atoms with Crippen molar-refractivity contribution in [2.24, 2.45) is 0 Å². The third kappa shape index (κ3) is 2.70. The van der Waals surface area contributed by atoms with Gasteiger partial charge in [-0.15, -0.1) is 0 Å². The second kappa shape index (κ2) is 5.82. The zero-order valence-corrected chi connectivity index (χ0v) is 13.9. The molecule has 5 nitrogen and oxygen atoms in total. The molecule has 122 valence electrons. The molecular formula is C19H13N3O2S. The maximum atomic E-state index is 5.44. The summed E-state index contributed by atoms with van der Waals surface area (Å²) >= 11 is 1.63. The number of hydrogen-bond donors (Lipinski definition) is 0. The van der Waals surface area contributed by atoms with Gasteiger partial charge in [0.15, 0.2) is 17.1 Å². The summed E-state index contributed by atoms with van der Waals surface area (Å²) in [5, 5.41) is 5.57. The molecule has 0 fully saturated rings. The van der Waals surface area contributed by atoms with Gasteiger partial charge in [-0.1, -0.05) is 30.0 Å². The van der Waals surface area contributed by atoms with Crippen LogP contribution in [0.2, 0.25) is 0 Å². The number of ether oxygens (including phenoxy) is 2. The fourth-order valence-corrected chi connectivity index (χ4v) is 3.52. The molecule has 0 amide bonds. The summed E-state index contributed by atoms with van der Waals surface area (Å²) in [4.78, 5) is 5.81. The molecule has 1 aliphatic rings. The van der Waals surface area contributed by atoms with Crippen molar-refractivity contribution < 1.29 is 9.47 Å². The molecule has 6 heteroatoms. The number of imidazole rings is 1. The Morgan fingerprint density at radius 2 is 1.80 bits per heavy atom. The second-order valence-corrected chi connectivity index (χ2v) is 6.68. The lowest BCUT2D eigenvalue weighted by Crippen LogP contribution is -1.92. The number of nitrogens with zero attached hydrogens (tertiary/aromatic N) is 3. The molecule has 2 aromatic carbocycles. The van der Waals surface area contributed by atoms with Crippen LogP contribution < -0.4 is 9.47 Å². The lowest BCUT2D eigenvalue weighted by molar-refractivity contribution is 0.174. The summed E-state index contributed by atoms with van der Waals surface area (Å²) in [5.74, 6) is 1.52. The Bertz CT molecular complexity index is 1060. The Labute approximate surface area is 148 Å². The molecule has 0 radical (unpaired) electrons. The fraction of sp³-hybridized carbons (Fsp3) is 0.0526. The summed E-state index contributed by atoms with van der Waals surface area (Å²) in [7, 11) is 0. The third-order valence-corrected chi connectivity index (χ3v) is 4.86. The maximum Gasteiger partial charge on any atom is 0.231 e. The molecule has 0 atom stereocenters. The van der Waals surface area contributed by atoms with Gasteiger partial charge in [-0.3, -0.25) is 0 Å². The molecule has 0 unspecified atom stereocenters. The highest BCUT2D eigenvalue weighted by molar-refractivity contribution is 7.99. The van der Waals surface area contributed by atoms with E-state index in [1.807, 2.05) is 59.2 Å². The number of hydrogen-bond acceptors (Lipinski definition) is 5. The minimum atomic E-state index is 0.269. The van der Waals surface area contributed by atoms with E-state index in [-0.39, 0.29) is 6.79 Å². The van der Waals surface area contributed by atoms with Crippen molar-refractivity contribution in [3.05, 3.63) is 66.9 Å². The van der Waals surface area contributed by atoms with E-state index in [2.05, 4.69) is 22.2 Å². The zero-order chi connectivity index (χ0) is 16.6. The van der Waals surface area contributed by atoms with E-state index < -0.39 is 0 Å². The molecule has 25 heavy (non-hydrogen) atoms. The first-order chi connectivity index (χ1) is 12.3. The smallest absolute Gasteiger partial charge is 0.231 e. The first-order valence-electron chi connectivity index (χ1n) is 7.84. The minimum absolute atomic E-state index is 0.269. The number of fused-ring (bicyclic) bond motifs is 2. The summed E-state index contributed by atoms with van der Waals surface area (Å²) < 4.78 is 12.6. The summed E-state index contributed by atoms with van der Waals surface area (Å²) in [6, 6.07) is 20.0. The van der Waals surface area contributed by atoms with Crippen LogP contribution in [0, 0.1) is 0 Å². The third-order valence-electron chi connectivity index (χ3n) is 3.93. The molecule has 0 spiro atoms. The predicted molar refractivity (Wildman–Crippen MR) is 95.1 cm³/mol. The van der Waals surface area contributed by atoms with Crippen LogP contribution >= 0.6 is 11.8 Å². The molecule has 4 aromatic rings. The van der Waals surface area contributed by atoms with E-state index in [1.165, 1.54) is 0 Å². The standard InChI is InChI=1S/C19H13N3O2S/c1-2-4-14(5-3-1)25-19-9-8-18-20-15(11-22(18)21-19)13-6-7-16-17(10-13)24-12-23-16/h1-11H,12H2. The summed E-state index contributed by atoms with van der Waals surface area (Å²) in [6.07, 6.45) is 1.93. The van der Waals surface area contributed by atoms with Gasteiger partial charge in [-0.05, 0) is 42.5 Å². The normalized spacial score (nSPS) is 12.6. The van der Waals surface area contributed by atoms with Gasteiger partial charge in [-0.25, -0.2) is 9.50 Å². The molecule has 3 heterocycles. The van der Waals surface area contributed by atoms with E-state index >= 15 is 0 Å². The maximum absolute atomic E-state index is 5.44. The molecule has 0 saturated carbocycles. The van der Waals surface area contributed by atoms with Crippen LogP contribution in [0.5, 0.6) is 11.5 Å². The van der Waals surface area contributed by atoms with E-state index in [0.29, 0.717) is 0 Å². The zero-order valence-electron chi connectivity index (χ0n) is 13.1.